The first kappa shape index (κ1) is 9.28. The van der Waals surface area contributed by atoms with Gasteiger partial charge < -0.3 is 0 Å². The summed E-state index contributed by atoms with van der Waals surface area (Å²) in [5.74, 6) is 0. The van der Waals surface area contributed by atoms with Crippen molar-refractivity contribution in [2.75, 3.05) is 0 Å². The molecule has 16 heavy (non-hydrogen) atoms. The minimum absolute atomic E-state index is 1.04. The fourth-order valence-corrected chi connectivity index (χ4v) is 2.17. The van der Waals surface area contributed by atoms with Gasteiger partial charge in [0.1, 0.15) is 5.69 Å². The van der Waals surface area contributed by atoms with Gasteiger partial charge in [0.05, 0.1) is 11.6 Å². The summed E-state index contributed by atoms with van der Waals surface area (Å²) in [7, 11) is 0. The van der Waals surface area contributed by atoms with Crippen LogP contribution in [0.25, 0.3) is 16.4 Å². The van der Waals surface area contributed by atoms with Gasteiger partial charge in [-0.15, -0.1) is 0 Å². The predicted molar refractivity (Wildman–Crippen MR) is 64.4 cm³/mol. The molecule has 0 unspecified atom stereocenters. The van der Waals surface area contributed by atoms with E-state index in [-0.39, 0.29) is 0 Å². The first-order valence-corrected chi connectivity index (χ1v) is 5.43. The van der Waals surface area contributed by atoms with Crippen LogP contribution in [-0.2, 0) is 0 Å². The highest BCUT2D eigenvalue weighted by Crippen LogP contribution is 2.15. The zero-order valence-electron chi connectivity index (χ0n) is 9.44. The van der Waals surface area contributed by atoms with Crippen LogP contribution < -0.4 is 4.40 Å². The normalized spacial score (nSPS) is 11.1. The number of pyridine rings is 1. The maximum atomic E-state index is 4.63. The topological polar surface area (TPSA) is 17.0 Å². The lowest BCUT2D eigenvalue weighted by molar-refractivity contribution is -0.521. The summed E-state index contributed by atoms with van der Waals surface area (Å²) in [6.07, 6.45) is 2.08. The summed E-state index contributed by atoms with van der Waals surface area (Å²) < 4.78 is 2.13. The lowest BCUT2D eigenvalue weighted by atomic mass is 10.1. The molecule has 0 aliphatic rings. The van der Waals surface area contributed by atoms with E-state index in [0.717, 1.165) is 11.3 Å². The smallest absolute Gasteiger partial charge is 0.200 e. The molecule has 2 heteroatoms. The van der Waals surface area contributed by atoms with E-state index in [2.05, 4.69) is 58.9 Å². The molecule has 0 aliphatic carbocycles. The van der Waals surface area contributed by atoms with Crippen molar-refractivity contribution >= 4 is 16.4 Å². The van der Waals surface area contributed by atoms with Crippen molar-refractivity contribution < 1.29 is 4.40 Å². The molecule has 0 saturated heterocycles. The lowest BCUT2D eigenvalue weighted by Crippen LogP contribution is -2.27. The van der Waals surface area contributed by atoms with Crippen LogP contribution in [0.4, 0.5) is 0 Å². The van der Waals surface area contributed by atoms with E-state index in [9.17, 15) is 0 Å². The number of hydrogen-bond acceptors (Lipinski definition) is 1. The number of rotatable bonds is 0. The molecule has 0 atom stereocenters. The molecule has 0 spiro atoms. The van der Waals surface area contributed by atoms with Gasteiger partial charge in [-0.3, -0.25) is 0 Å². The molecule has 1 aromatic carbocycles. The third kappa shape index (κ3) is 1.27. The van der Waals surface area contributed by atoms with Crippen molar-refractivity contribution in [3.05, 3.63) is 54.0 Å². The van der Waals surface area contributed by atoms with Crippen molar-refractivity contribution in [2.45, 2.75) is 13.8 Å². The van der Waals surface area contributed by atoms with Crippen LogP contribution in [0.5, 0.6) is 0 Å². The van der Waals surface area contributed by atoms with Gasteiger partial charge in [-0.25, -0.2) is 4.40 Å². The molecule has 3 rings (SSSR count). The third-order valence-electron chi connectivity index (χ3n) is 2.91. The second-order valence-corrected chi connectivity index (χ2v) is 4.14. The Balaban J connectivity index is 2.59. The molecule has 0 saturated carbocycles. The SMILES string of the molecule is Cc1cc(C)[n+]2ccc3ccccc3c2n1. The summed E-state index contributed by atoms with van der Waals surface area (Å²) in [5, 5.41) is 2.44. The Morgan fingerprint density at radius 1 is 1.06 bits per heavy atom. The molecule has 78 valence electrons. The van der Waals surface area contributed by atoms with Crippen molar-refractivity contribution in [1.29, 1.82) is 0 Å². The molecule has 0 aliphatic heterocycles. The van der Waals surface area contributed by atoms with E-state index in [1.165, 1.54) is 16.5 Å². The molecule has 2 aromatic heterocycles. The lowest BCUT2D eigenvalue weighted by Gasteiger charge is -2.00. The van der Waals surface area contributed by atoms with Crippen LogP contribution in [0, 0.1) is 13.8 Å². The minimum Gasteiger partial charge on any atom is -0.200 e. The fourth-order valence-electron chi connectivity index (χ4n) is 2.17. The number of fused-ring (bicyclic) bond motifs is 3. The Labute approximate surface area is 94.2 Å². The molecule has 3 aromatic rings. The van der Waals surface area contributed by atoms with Crippen molar-refractivity contribution in [2.24, 2.45) is 0 Å². The molecule has 0 amide bonds. The maximum absolute atomic E-state index is 4.63. The zero-order chi connectivity index (χ0) is 11.1. The van der Waals surface area contributed by atoms with Crippen LogP contribution >= 0.6 is 0 Å². The largest absolute Gasteiger partial charge is 0.335 e. The first-order valence-electron chi connectivity index (χ1n) is 5.43. The average molecular weight is 209 g/mol. The van der Waals surface area contributed by atoms with Crippen molar-refractivity contribution in [3.63, 3.8) is 0 Å². The van der Waals surface area contributed by atoms with Crippen LogP contribution in [0.1, 0.15) is 11.4 Å². The van der Waals surface area contributed by atoms with Crippen LogP contribution in [-0.4, -0.2) is 4.98 Å². The number of benzene rings is 1. The quantitative estimate of drug-likeness (QED) is 0.411. The van der Waals surface area contributed by atoms with Crippen molar-refractivity contribution in [1.82, 2.24) is 4.98 Å². The fraction of sp³-hybridized carbons (Fsp3) is 0.143. The van der Waals surface area contributed by atoms with E-state index in [0.29, 0.717) is 0 Å². The van der Waals surface area contributed by atoms with Gasteiger partial charge in [0, 0.05) is 13.0 Å². The van der Waals surface area contributed by atoms with Gasteiger partial charge in [-0.2, -0.15) is 0 Å². The summed E-state index contributed by atoms with van der Waals surface area (Å²) in [6.45, 7) is 4.14. The van der Waals surface area contributed by atoms with Crippen LogP contribution in [0.3, 0.4) is 0 Å². The van der Waals surface area contributed by atoms with Gasteiger partial charge in [0.25, 0.3) is 0 Å². The number of nitrogens with zero attached hydrogens (tertiary/aromatic N) is 2. The number of hydrogen-bond donors (Lipinski definition) is 0. The number of aromatic nitrogens is 2. The van der Waals surface area contributed by atoms with Crippen molar-refractivity contribution in [3.8, 4) is 0 Å². The molecule has 0 radical (unpaired) electrons. The molecule has 2 nitrogen and oxygen atoms in total. The van der Waals surface area contributed by atoms with Gasteiger partial charge in [-0.1, -0.05) is 18.2 Å². The number of aryl methyl sites for hydroxylation is 2. The van der Waals surface area contributed by atoms with Gasteiger partial charge in [0.15, 0.2) is 5.69 Å². The van der Waals surface area contributed by atoms with E-state index in [1.807, 2.05) is 6.92 Å². The Kier molecular flexibility index (Phi) is 1.90. The molecular formula is C14H13N2+. The van der Waals surface area contributed by atoms with E-state index in [4.69, 9.17) is 0 Å². The summed E-state index contributed by atoms with van der Waals surface area (Å²) in [5.41, 5.74) is 3.32. The van der Waals surface area contributed by atoms with Crippen LogP contribution in [0.15, 0.2) is 42.6 Å². The highest BCUT2D eigenvalue weighted by molar-refractivity contribution is 5.91. The first-order chi connectivity index (χ1) is 7.75. The summed E-state index contributed by atoms with van der Waals surface area (Å²) >= 11 is 0. The Morgan fingerprint density at radius 2 is 1.88 bits per heavy atom. The highest BCUT2D eigenvalue weighted by Gasteiger charge is 2.12. The standard InChI is InChI=1S/C14H13N2/c1-10-9-11(2)16-8-7-12-5-3-4-6-13(12)14(16)15-10/h3-9H,1-2H3/q+1. The van der Waals surface area contributed by atoms with Gasteiger partial charge >= 0.3 is 5.65 Å². The average Bonchev–Trinajstić information content (AvgIpc) is 2.28. The second-order valence-electron chi connectivity index (χ2n) is 4.14. The monoisotopic (exact) mass is 209 g/mol. The molecular weight excluding hydrogens is 196 g/mol. The molecule has 0 bridgehead atoms. The summed E-state index contributed by atoms with van der Waals surface area (Å²) in [6, 6.07) is 12.6. The zero-order valence-corrected chi connectivity index (χ0v) is 9.44. The highest BCUT2D eigenvalue weighted by atomic mass is 15.0. The van der Waals surface area contributed by atoms with E-state index in [1.54, 1.807) is 0 Å². The second kappa shape index (κ2) is 3.27. The van der Waals surface area contributed by atoms with E-state index < -0.39 is 0 Å². The molecule has 2 heterocycles. The molecule has 0 fully saturated rings. The minimum atomic E-state index is 1.04. The maximum Gasteiger partial charge on any atom is 0.335 e. The third-order valence-corrected chi connectivity index (χ3v) is 2.91. The van der Waals surface area contributed by atoms with Crippen LogP contribution in [0.2, 0.25) is 0 Å². The predicted octanol–water partition coefficient (Wildman–Crippen LogP) is 2.59. The Morgan fingerprint density at radius 3 is 2.75 bits per heavy atom. The molecule has 0 N–H and O–H groups in total. The summed E-state index contributed by atoms with van der Waals surface area (Å²) in [4.78, 5) is 4.63. The van der Waals surface area contributed by atoms with Gasteiger partial charge in [0.2, 0.25) is 0 Å². The van der Waals surface area contributed by atoms with E-state index >= 15 is 0 Å². The van der Waals surface area contributed by atoms with Gasteiger partial charge in [-0.05, 0) is 29.4 Å². The Bertz CT molecular complexity index is 687. The Hall–Kier alpha value is -1.96.